The first-order chi connectivity index (χ1) is 10.7. The molecule has 0 radical (unpaired) electrons. The molecule has 2 aromatic carbocycles. The quantitative estimate of drug-likeness (QED) is 0.283. The van der Waals surface area contributed by atoms with Crippen LogP contribution in [0.3, 0.4) is 0 Å². The van der Waals surface area contributed by atoms with E-state index in [4.69, 9.17) is 4.43 Å². The van der Waals surface area contributed by atoms with Gasteiger partial charge in [0.15, 0.2) is 8.32 Å². The summed E-state index contributed by atoms with van der Waals surface area (Å²) < 4.78 is 7.35. The highest BCUT2D eigenvalue weighted by Crippen LogP contribution is 2.37. The van der Waals surface area contributed by atoms with Gasteiger partial charge in [0.25, 0.3) is 0 Å². The fraction of sp³-hybridized carbons (Fsp3) is 0.400. The highest BCUT2D eigenvalue weighted by atomic mass is 127. The van der Waals surface area contributed by atoms with Crippen molar-refractivity contribution in [2.24, 2.45) is 0 Å². The van der Waals surface area contributed by atoms with Crippen LogP contribution in [0.15, 0.2) is 48.5 Å². The molecule has 0 aliphatic rings. The second-order valence-electron chi connectivity index (χ2n) is 7.58. The molecule has 0 fully saturated rings. The average molecular weight is 438 g/mol. The first-order valence-electron chi connectivity index (χ1n) is 8.11. The molecule has 0 aliphatic heterocycles. The number of halogens is 1. The summed E-state index contributed by atoms with van der Waals surface area (Å²) in [5.74, 6) is 0. The lowest BCUT2D eigenvalue weighted by Gasteiger charge is -2.36. The van der Waals surface area contributed by atoms with Crippen LogP contribution < -0.4 is 0 Å². The van der Waals surface area contributed by atoms with E-state index in [2.05, 4.69) is 105 Å². The van der Waals surface area contributed by atoms with Gasteiger partial charge in [0, 0.05) is 4.43 Å². The van der Waals surface area contributed by atoms with E-state index in [-0.39, 0.29) is 5.04 Å². The van der Waals surface area contributed by atoms with E-state index >= 15 is 0 Å². The van der Waals surface area contributed by atoms with E-state index in [0.29, 0.717) is 6.61 Å². The third-order valence-electron chi connectivity index (χ3n) is 4.80. The summed E-state index contributed by atoms with van der Waals surface area (Å²) in [7, 11) is -1.68. The highest BCUT2D eigenvalue weighted by Gasteiger charge is 2.36. The molecule has 1 nitrogen and oxygen atoms in total. The number of benzene rings is 2. The molecule has 23 heavy (non-hydrogen) atoms. The van der Waals surface area contributed by atoms with Crippen LogP contribution in [-0.4, -0.2) is 8.32 Å². The van der Waals surface area contributed by atoms with Crippen LogP contribution in [0.4, 0.5) is 0 Å². The molecule has 124 valence electrons. The maximum Gasteiger partial charge on any atom is 0.192 e. The predicted molar refractivity (Wildman–Crippen MR) is 112 cm³/mol. The summed E-state index contributed by atoms with van der Waals surface area (Å²) in [4.78, 5) is 0. The molecule has 2 rings (SSSR count). The molecular weight excluding hydrogens is 411 g/mol. The summed E-state index contributed by atoms with van der Waals surface area (Å²) in [6.07, 6.45) is 0. The fourth-order valence-electron chi connectivity index (χ4n) is 2.06. The van der Waals surface area contributed by atoms with Crippen LogP contribution in [0.25, 0.3) is 11.1 Å². The molecule has 0 unspecified atom stereocenters. The molecule has 0 amide bonds. The van der Waals surface area contributed by atoms with Crippen molar-refractivity contribution in [1.82, 2.24) is 0 Å². The standard InChI is InChI=1S/C20H27IOSi/c1-20(2,3)23(4,5)22-15-17-8-12-19(13-9-17)18-10-6-16(14-21)7-11-18/h6-13H,14-15H2,1-5H3. The monoisotopic (exact) mass is 438 g/mol. The van der Waals surface area contributed by atoms with Crippen LogP contribution in [-0.2, 0) is 15.5 Å². The Labute approximate surface area is 155 Å². The van der Waals surface area contributed by atoms with E-state index in [0.717, 1.165) is 4.43 Å². The molecule has 0 aliphatic carbocycles. The third-order valence-corrected chi connectivity index (χ3v) is 10.2. The van der Waals surface area contributed by atoms with Gasteiger partial charge in [-0.05, 0) is 40.4 Å². The zero-order valence-electron chi connectivity index (χ0n) is 14.8. The van der Waals surface area contributed by atoms with Crippen LogP contribution in [0.1, 0.15) is 31.9 Å². The van der Waals surface area contributed by atoms with Crippen molar-refractivity contribution in [1.29, 1.82) is 0 Å². The van der Waals surface area contributed by atoms with Gasteiger partial charge in [-0.15, -0.1) is 0 Å². The van der Waals surface area contributed by atoms with E-state index < -0.39 is 8.32 Å². The van der Waals surface area contributed by atoms with Gasteiger partial charge in [-0.3, -0.25) is 0 Å². The van der Waals surface area contributed by atoms with E-state index in [1.54, 1.807) is 0 Å². The molecule has 2 aromatic rings. The number of hydrogen-bond acceptors (Lipinski definition) is 1. The van der Waals surface area contributed by atoms with Crippen molar-refractivity contribution in [2.75, 3.05) is 0 Å². The molecule has 0 heterocycles. The Morgan fingerprint density at radius 1 is 0.826 bits per heavy atom. The van der Waals surface area contributed by atoms with E-state index in [1.807, 2.05) is 0 Å². The van der Waals surface area contributed by atoms with Crippen molar-refractivity contribution >= 4 is 30.9 Å². The lowest BCUT2D eigenvalue weighted by Crippen LogP contribution is -2.40. The minimum Gasteiger partial charge on any atom is -0.413 e. The third kappa shape index (κ3) is 4.91. The topological polar surface area (TPSA) is 9.23 Å². The molecule has 0 N–H and O–H groups in total. The number of rotatable bonds is 5. The lowest BCUT2D eigenvalue weighted by atomic mass is 10.0. The largest absolute Gasteiger partial charge is 0.413 e. The fourth-order valence-corrected chi connectivity index (χ4v) is 3.53. The van der Waals surface area contributed by atoms with Gasteiger partial charge in [-0.1, -0.05) is 91.9 Å². The minimum absolute atomic E-state index is 0.257. The zero-order valence-corrected chi connectivity index (χ0v) is 18.0. The average Bonchev–Trinajstić information content (AvgIpc) is 2.52. The van der Waals surface area contributed by atoms with Crippen molar-refractivity contribution in [3.8, 4) is 11.1 Å². The van der Waals surface area contributed by atoms with Crippen molar-refractivity contribution in [2.45, 2.75) is 49.9 Å². The maximum absolute atomic E-state index is 6.29. The van der Waals surface area contributed by atoms with Gasteiger partial charge >= 0.3 is 0 Å². The molecule has 0 spiro atoms. The summed E-state index contributed by atoms with van der Waals surface area (Å²) in [5, 5.41) is 0.257. The Morgan fingerprint density at radius 2 is 1.26 bits per heavy atom. The number of alkyl halides is 1. The Bertz CT molecular complexity index is 624. The van der Waals surface area contributed by atoms with Gasteiger partial charge in [-0.25, -0.2) is 0 Å². The van der Waals surface area contributed by atoms with E-state index in [1.165, 1.54) is 22.3 Å². The zero-order chi connectivity index (χ0) is 17.1. The van der Waals surface area contributed by atoms with Gasteiger partial charge in [-0.2, -0.15) is 0 Å². The maximum atomic E-state index is 6.29. The van der Waals surface area contributed by atoms with E-state index in [9.17, 15) is 0 Å². The minimum atomic E-state index is -1.68. The van der Waals surface area contributed by atoms with Crippen molar-refractivity contribution < 1.29 is 4.43 Å². The van der Waals surface area contributed by atoms with Crippen LogP contribution in [0.5, 0.6) is 0 Å². The first-order valence-corrected chi connectivity index (χ1v) is 12.5. The molecule has 0 saturated heterocycles. The van der Waals surface area contributed by atoms with Crippen LogP contribution >= 0.6 is 22.6 Å². The molecule has 0 saturated carbocycles. The molecule has 0 atom stereocenters. The number of hydrogen-bond donors (Lipinski definition) is 0. The molecule has 0 bridgehead atoms. The predicted octanol–water partition coefficient (Wildman–Crippen LogP) is 6.81. The van der Waals surface area contributed by atoms with Crippen molar-refractivity contribution in [3.63, 3.8) is 0 Å². The van der Waals surface area contributed by atoms with Crippen LogP contribution in [0.2, 0.25) is 18.1 Å². The second kappa shape index (κ2) is 7.49. The smallest absolute Gasteiger partial charge is 0.192 e. The normalized spacial score (nSPS) is 12.4. The van der Waals surface area contributed by atoms with Gasteiger partial charge in [0.2, 0.25) is 0 Å². The van der Waals surface area contributed by atoms with Gasteiger partial charge in [0.1, 0.15) is 0 Å². The van der Waals surface area contributed by atoms with Crippen molar-refractivity contribution in [3.05, 3.63) is 59.7 Å². The molecular formula is C20H27IOSi. The SMILES string of the molecule is CC(C)(C)[Si](C)(C)OCc1ccc(-c2ccc(CI)cc2)cc1. The second-order valence-corrected chi connectivity index (χ2v) is 13.1. The lowest BCUT2D eigenvalue weighted by molar-refractivity contribution is 0.276. The summed E-state index contributed by atoms with van der Waals surface area (Å²) >= 11 is 2.39. The summed E-state index contributed by atoms with van der Waals surface area (Å²) in [6.45, 7) is 12.2. The summed E-state index contributed by atoms with van der Waals surface area (Å²) in [6, 6.07) is 17.6. The Balaban J connectivity index is 2.04. The Kier molecular flexibility index (Phi) is 6.08. The Morgan fingerprint density at radius 3 is 1.65 bits per heavy atom. The Hall–Kier alpha value is -0.653. The van der Waals surface area contributed by atoms with Gasteiger partial charge in [0.05, 0.1) is 6.61 Å². The highest BCUT2D eigenvalue weighted by molar-refractivity contribution is 14.1. The summed E-state index contributed by atoms with van der Waals surface area (Å²) in [5.41, 5.74) is 5.16. The molecule has 3 heteroatoms. The van der Waals surface area contributed by atoms with Crippen LogP contribution in [0, 0.1) is 0 Å². The van der Waals surface area contributed by atoms with Gasteiger partial charge < -0.3 is 4.43 Å². The molecule has 0 aromatic heterocycles. The first kappa shape index (κ1) is 18.7.